The quantitative estimate of drug-likeness (QED) is 0.874. The fraction of sp³-hybridized carbons (Fsp3) is 0.500. The molecule has 1 aromatic rings. The van der Waals surface area contributed by atoms with E-state index in [0.717, 1.165) is 25.2 Å². The second-order valence-corrected chi connectivity index (χ2v) is 6.49. The predicted octanol–water partition coefficient (Wildman–Crippen LogP) is 1.06. The smallest absolute Gasteiger partial charge is 0.235 e. The molecule has 2 rings (SSSR count). The van der Waals surface area contributed by atoms with Crippen LogP contribution in [-0.2, 0) is 10.0 Å². The van der Waals surface area contributed by atoms with Crippen molar-refractivity contribution >= 4 is 15.7 Å². The van der Waals surface area contributed by atoms with E-state index in [2.05, 4.69) is 5.32 Å². The number of nitrogens with one attached hydrogen (secondary N) is 1. The molecule has 1 aliphatic rings. The molecular weight excluding hydrogens is 236 g/mol. The number of benzene rings is 1. The van der Waals surface area contributed by atoms with Crippen molar-refractivity contribution in [3.05, 3.63) is 30.3 Å². The lowest BCUT2D eigenvalue weighted by Crippen LogP contribution is -2.32. The average molecular weight is 254 g/mol. The molecule has 1 atom stereocenters. The van der Waals surface area contributed by atoms with Gasteiger partial charge >= 0.3 is 0 Å². The summed E-state index contributed by atoms with van der Waals surface area (Å²) in [6, 6.07) is 9.19. The lowest BCUT2D eigenvalue weighted by molar-refractivity contribution is 0.569. The van der Waals surface area contributed by atoms with Gasteiger partial charge in [-0.15, -0.1) is 0 Å². The average Bonchev–Trinajstić information content (AvgIpc) is 2.81. The summed E-state index contributed by atoms with van der Waals surface area (Å²) in [5, 5.41) is 3.19. The summed E-state index contributed by atoms with van der Waals surface area (Å²) < 4.78 is 25.8. The van der Waals surface area contributed by atoms with E-state index in [1.54, 1.807) is 7.05 Å². The predicted molar refractivity (Wildman–Crippen MR) is 69.6 cm³/mol. The Labute approximate surface area is 103 Å². The Morgan fingerprint density at radius 3 is 2.65 bits per heavy atom. The Balaban J connectivity index is 2.09. The molecule has 5 heteroatoms. The highest BCUT2D eigenvalue weighted by Gasteiger charge is 2.25. The van der Waals surface area contributed by atoms with E-state index in [1.807, 2.05) is 30.3 Å². The first kappa shape index (κ1) is 12.4. The Kier molecular flexibility index (Phi) is 3.69. The number of rotatable bonds is 4. The van der Waals surface area contributed by atoms with Crippen molar-refractivity contribution in [2.75, 3.05) is 30.2 Å². The summed E-state index contributed by atoms with van der Waals surface area (Å²) in [5.74, 6) is 0.469. The number of hydrogen-bond donors (Lipinski definition) is 1. The Bertz CT molecular complexity index is 453. The van der Waals surface area contributed by atoms with E-state index in [9.17, 15) is 8.42 Å². The summed E-state index contributed by atoms with van der Waals surface area (Å²) in [4.78, 5) is 0. The van der Waals surface area contributed by atoms with Crippen LogP contribution in [0.3, 0.4) is 0 Å². The van der Waals surface area contributed by atoms with Gasteiger partial charge in [-0.2, -0.15) is 0 Å². The molecule has 0 aromatic heterocycles. The molecule has 1 aliphatic heterocycles. The molecule has 0 radical (unpaired) electrons. The van der Waals surface area contributed by atoms with Crippen molar-refractivity contribution in [1.29, 1.82) is 0 Å². The molecule has 0 aliphatic carbocycles. The van der Waals surface area contributed by atoms with E-state index in [1.165, 1.54) is 4.31 Å². The van der Waals surface area contributed by atoms with Crippen molar-refractivity contribution in [2.45, 2.75) is 6.42 Å². The van der Waals surface area contributed by atoms with Gasteiger partial charge in [0.2, 0.25) is 10.0 Å². The number of para-hydroxylation sites is 1. The lowest BCUT2D eigenvalue weighted by atomic mass is 10.2. The molecule has 94 valence electrons. The number of nitrogens with zero attached hydrogens (tertiary/aromatic N) is 1. The van der Waals surface area contributed by atoms with Crippen LogP contribution in [0, 0.1) is 5.92 Å². The second kappa shape index (κ2) is 5.06. The molecule has 1 saturated heterocycles. The Morgan fingerprint density at radius 1 is 1.35 bits per heavy atom. The minimum atomic E-state index is -3.20. The van der Waals surface area contributed by atoms with Crippen LogP contribution in [0.4, 0.5) is 5.69 Å². The first-order valence-corrected chi connectivity index (χ1v) is 7.43. The first-order chi connectivity index (χ1) is 8.09. The van der Waals surface area contributed by atoms with Crippen LogP contribution in [-0.4, -0.2) is 34.3 Å². The zero-order chi connectivity index (χ0) is 12.3. The van der Waals surface area contributed by atoms with E-state index in [4.69, 9.17) is 0 Å². The maximum atomic E-state index is 12.2. The van der Waals surface area contributed by atoms with Crippen LogP contribution < -0.4 is 9.62 Å². The molecule has 1 N–H and O–H groups in total. The van der Waals surface area contributed by atoms with Gasteiger partial charge in [0.15, 0.2) is 0 Å². The van der Waals surface area contributed by atoms with Gasteiger partial charge in [0.05, 0.1) is 11.4 Å². The highest BCUT2D eigenvalue weighted by molar-refractivity contribution is 7.92. The third-order valence-electron chi connectivity index (χ3n) is 3.15. The molecule has 0 bridgehead atoms. The summed E-state index contributed by atoms with van der Waals surface area (Å²) in [6.45, 7) is 1.73. The fourth-order valence-corrected chi connectivity index (χ4v) is 3.61. The molecule has 1 unspecified atom stereocenters. The molecular formula is C12H18N2O2S. The van der Waals surface area contributed by atoms with Crippen molar-refractivity contribution in [2.24, 2.45) is 5.92 Å². The van der Waals surface area contributed by atoms with Crippen LogP contribution in [0.25, 0.3) is 0 Å². The zero-order valence-corrected chi connectivity index (χ0v) is 10.8. The zero-order valence-electron chi connectivity index (χ0n) is 9.96. The van der Waals surface area contributed by atoms with Crippen LogP contribution in [0.2, 0.25) is 0 Å². The van der Waals surface area contributed by atoms with Gasteiger partial charge in [0.25, 0.3) is 0 Å². The fourth-order valence-electron chi connectivity index (χ4n) is 2.06. The Hall–Kier alpha value is -1.07. The van der Waals surface area contributed by atoms with Crippen molar-refractivity contribution < 1.29 is 8.42 Å². The number of sulfonamides is 1. The summed E-state index contributed by atoms with van der Waals surface area (Å²) in [5.41, 5.74) is 0.721. The third-order valence-corrected chi connectivity index (χ3v) is 5.08. The van der Waals surface area contributed by atoms with Gasteiger partial charge in [-0.05, 0) is 37.6 Å². The SMILES string of the molecule is CN(c1ccccc1)S(=O)(=O)CC1CCNC1. The lowest BCUT2D eigenvalue weighted by Gasteiger charge is -2.21. The van der Waals surface area contributed by atoms with Crippen LogP contribution in [0.1, 0.15) is 6.42 Å². The van der Waals surface area contributed by atoms with Crippen molar-refractivity contribution in [3.8, 4) is 0 Å². The molecule has 1 aromatic carbocycles. The molecule has 4 nitrogen and oxygen atoms in total. The number of anilines is 1. The van der Waals surface area contributed by atoms with Crippen molar-refractivity contribution in [1.82, 2.24) is 5.32 Å². The van der Waals surface area contributed by atoms with E-state index >= 15 is 0 Å². The van der Waals surface area contributed by atoms with Gasteiger partial charge in [-0.1, -0.05) is 18.2 Å². The van der Waals surface area contributed by atoms with Gasteiger partial charge < -0.3 is 5.32 Å². The topological polar surface area (TPSA) is 49.4 Å². The highest BCUT2D eigenvalue weighted by Crippen LogP contribution is 2.19. The van der Waals surface area contributed by atoms with Gasteiger partial charge in [0.1, 0.15) is 0 Å². The summed E-state index contributed by atoms with van der Waals surface area (Å²) in [7, 11) is -1.59. The molecule has 0 amide bonds. The van der Waals surface area contributed by atoms with E-state index in [-0.39, 0.29) is 11.7 Å². The largest absolute Gasteiger partial charge is 0.316 e. The maximum absolute atomic E-state index is 12.2. The third kappa shape index (κ3) is 2.98. The number of hydrogen-bond acceptors (Lipinski definition) is 3. The molecule has 1 heterocycles. The summed E-state index contributed by atoms with van der Waals surface area (Å²) in [6.07, 6.45) is 0.946. The first-order valence-electron chi connectivity index (χ1n) is 5.82. The monoisotopic (exact) mass is 254 g/mol. The normalized spacial score (nSPS) is 20.4. The maximum Gasteiger partial charge on any atom is 0.235 e. The molecule has 0 saturated carbocycles. The van der Waals surface area contributed by atoms with E-state index < -0.39 is 10.0 Å². The minimum absolute atomic E-state index is 0.228. The van der Waals surface area contributed by atoms with Gasteiger partial charge in [0, 0.05) is 7.05 Å². The second-order valence-electron chi connectivity index (χ2n) is 4.44. The van der Waals surface area contributed by atoms with Crippen LogP contribution in [0.15, 0.2) is 30.3 Å². The van der Waals surface area contributed by atoms with E-state index in [0.29, 0.717) is 0 Å². The molecule has 0 spiro atoms. The Morgan fingerprint density at radius 2 is 2.06 bits per heavy atom. The molecule has 17 heavy (non-hydrogen) atoms. The minimum Gasteiger partial charge on any atom is -0.316 e. The summed E-state index contributed by atoms with van der Waals surface area (Å²) >= 11 is 0. The van der Waals surface area contributed by atoms with Gasteiger partial charge in [-0.25, -0.2) is 8.42 Å². The van der Waals surface area contributed by atoms with Gasteiger partial charge in [-0.3, -0.25) is 4.31 Å². The van der Waals surface area contributed by atoms with Crippen LogP contribution in [0.5, 0.6) is 0 Å². The standard InChI is InChI=1S/C12H18N2O2S/c1-14(12-5-3-2-4-6-12)17(15,16)10-11-7-8-13-9-11/h2-6,11,13H,7-10H2,1H3. The van der Waals surface area contributed by atoms with Crippen molar-refractivity contribution in [3.63, 3.8) is 0 Å². The molecule has 1 fully saturated rings. The van der Waals surface area contributed by atoms with Crippen LogP contribution >= 0.6 is 0 Å². The highest BCUT2D eigenvalue weighted by atomic mass is 32.2.